The van der Waals surface area contributed by atoms with Gasteiger partial charge in [-0.15, -0.1) is 10.2 Å². The highest BCUT2D eigenvalue weighted by atomic mass is 32.2. The molecule has 1 aliphatic rings. The van der Waals surface area contributed by atoms with Crippen LogP contribution >= 0.6 is 0 Å². The first-order chi connectivity index (χ1) is 13.8. The van der Waals surface area contributed by atoms with Crippen LogP contribution in [0.1, 0.15) is 28.7 Å². The van der Waals surface area contributed by atoms with Crippen LogP contribution in [0.15, 0.2) is 52.9 Å². The summed E-state index contributed by atoms with van der Waals surface area (Å²) in [5, 5.41) is 7.85. The number of rotatable bonds is 5. The number of anilines is 1. The Kier molecular flexibility index (Phi) is 4.83. The molecule has 2 heterocycles. The molecule has 3 aromatic rings. The molecule has 1 aliphatic heterocycles. The molecular formula is C20H19N3O5S. The number of nitrogens with zero attached hydrogens (tertiary/aromatic N) is 3. The predicted molar refractivity (Wildman–Crippen MR) is 106 cm³/mol. The fourth-order valence-corrected chi connectivity index (χ4v) is 4.72. The van der Waals surface area contributed by atoms with Gasteiger partial charge in [-0.2, -0.15) is 0 Å². The van der Waals surface area contributed by atoms with Gasteiger partial charge in [0, 0.05) is 11.6 Å². The molecule has 0 spiro atoms. The minimum atomic E-state index is -3.38. The zero-order chi connectivity index (χ0) is 20.6. The topological polar surface area (TPSA) is 103 Å². The van der Waals surface area contributed by atoms with Crippen molar-refractivity contribution in [3.05, 3.63) is 65.5 Å². The third-order valence-corrected chi connectivity index (χ3v) is 5.91. The van der Waals surface area contributed by atoms with Crippen molar-refractivity contribution in [2.75, 3.05) is 10.6 Å². The lowest BCUT2D eigenvalue weighted by molar-refractivity contribution is 0.0438. The van der Waals surface area contributed by atoms with Gasteiger partial charge in [0.25, 0.3) is 5.89 Å². The number of ether oxygens (including phenoxy) is 1. The van der Waals surface area contributed by atoms with Crippen LogP contribution in [0.25, 0.3) is 11.5 Å². The molecule has 0 N–H and O–H groups in total. The van der Waals surface area contributed by atoms with Crippen molar-refractivity contribution in [1.82, 2.24) is 10.2 Å². The average Bonchev–Trinajstić information content (AvgIpc) is 3.29. The Hall–Kier alpha value is -3.20. The van der Waals surface area contributed by atoms with E-state index in [1.165, 1.54) is 10.6 Å². The number of fused-ring (bicyclic) bond motifs is 1. The summed E-state index contributed by atoms with van der Waals surface area (Å²) >= 11 is 0. The number of esters is 1. The number of carbonyl (C=O) groups is 1. The van der Waals surface area contributed by atoms with E-state index < -0.39 is 16.0 Å². The van der Waals surface area contributed by atoms with E-state index in [4.69, 9.17) is 9.15 Å². The van der Waals surface area contributed by atoms with Gasteiger partial charge >= 0.3 is 5.97 Å². The van der Waals surface area contributed by atoms with Gasteiger partial charge in [0.05, 0.1) is 17.5 Å². The van der Waals surface area contributed by atoms with Crippen LogP contribution in [-0.4, -0.2) is 36.9 Å². The lowest BCUT2D eigenvalue weighted by Gasteiger charge is -2.21. The first-order valence-corrected chi connectivity index (χ1v) is 10.8. The standard InChI is InChI=1S/C20H19N3O5S/c1-13-10-16-11-15(8-9-17(16)23(13)29(2,25)26)20(24)27-12-18-21-22-19(28-18)14-6-4-3-5-7-14/h3-9,11,13H,10,12H2,1-2H3/t13-/m1/s1. The van der Waals surface area contributed by atoms with Gasteiger partial charge < -0.3 is 9.15 Å². The van der Waals surface area contributed by atoms with Gasteiger partial charge in [0.15, 0.2) is 6.61 Å². The lowest BCUT2D eigenvalue weighted by atomic mass is 10.1. The van der Waals surface area contributed by atoms with E-state index in [1.807, 2.05) is 37.3 Å². The third kappa shape index (κ3) is 3.86. The van der Waals surface area contributed by atoms with E-state index in [0.29, 0.717) is 23.6 Å². The minimum absolute atomic E-state index is 0.151. The Morgan fingerprint density at radius 3 is 2.69 bits per heavy atom. The molecule has 0 amide bonds. The number of hydrogen-bond donors (Lipinski definition) is 0. The van der Waals surface area contributed by atoms with E-state index in [0.717, 1.165) is 11.1 Å². The van der Waals surface area contributed by atoms with Gasteiger partial charge in [-0.05, 0) is 49.2 Å². The average molecular weight is 413 g/mol. The Morgan fingerprint density at radius 2 is 1.97 bits per heavy atom. The summed E-state index contributed by atoms with van der Waals surface area (Å²) in [7, 11) is -3.38. The Bertz CT molecular complexity index is 1160. The molecule has 4 rings (SSSR count). The van der Waals surface area contributed by atoms with Gasteiger partial charge in [-0.1, -0.05) is 18.2 Å². The van der Waals surface area contributed by atoms with Gasteiger partial charge in [-0.3, -0.25) is 4.31 Å². The quantitative estimate of drug-likeness (QED) is 0.593. The van der Waals surface area contributed by atoms with E-state index in [-0.39, 0.29) is 18.5 Å². The van der Waals surface area contributed by atoms with Gasteiger partial charge in [-0.25, -0.2) is 13.2 Å². The van der Waals surface area contributed by atoms with Crippen molar-refractivity contribution in [2.24, 2.45) is 0 Å². The highest BCUT2D eigenvalue weighted by Crippen LogP contribution is 2.34. The molecule has 0 radical (unpaired) electrons. The van der Waals surface area contributed by atoms with Crippen molar-refractivity contribution >= 4 is 21.7 Å². The van der Waals surface area contributed by atoms with E-state index >= 15 is 0 Å². The zero-order valence-electron chi connectivity index (χ0n) is 15.9. The molecule has 1 aromatic heterocycles. The highest BCUT2D eigenvalue weighted by Gasteiger charge is 2.33. The lowest BCUT2D eigenvalue weighted by Crippen LogP contribution is -2.34. The Balaban J connectivity index is 1.45. The predicted octanol–water partition coefficient (Wildman–Crippen LogP) is 2.80. The summed E-state index contributed by atoms with van der Waals surface area (Å²) < 4.78 is 36.2. The SMILES string of the molecule is C[C@@H]1Cc2cc(C(=O)OCc3nnc(-c4ccccc4)o3)ccc2N1S(C)(=O)=O. The van der Waals surface area contributed by atoms with E-state index in [2.05, 4.69) is 10.2 Å². The van der Waals surface area contributed by atoms with Crippen molar-refractivity contribution in [3.8, 4) is 11.5 Å². The number of aromatic nitrogens is 2. The van der Waals surface area contributed by atoms with Crippen LogP contribution in [0, 0.1) is 0 Å². The van der Waals surface area contributed by atoms with Crippen LogP contribution in [0.4, 0.5) is 5.69 Å². The first-order valence-electron chi connectivity index (χ1n) is 9.00. The largest absolute Gasteiger partial charge is 0.452 e. The normalized spacial score (nSPS) is 15.9. The van der Waals surface area contributed by atoms with E-state index in [1.54, 1.807) is 18.2 Å². The second-order valence-corrected chi connectivity index (χ2v) is 8.76. The van der Waals surface area contributed by atoms with Gasteiger partial charge in [0.1, 0.15) is 0 Å². The molecular weight excluding hydrogens is 394 g/mol. The number of sulfonamides is 1. The molecule has 2 aromatic carbocycles. The molecule has 9 heteroatoms. The molecule has 0 bridgehead atoms. The fourth-order valence-electron chi connectivity index (χ4n) is 3.46. The van der Waals surface area contributed by atoms with Crippen LogP contribution in [0.2, 0.25) is 0 Å². The fraction of sp³-hybridized carbons (Fsp3) is 0.250. The van der Waals surface area contributed by atoms with Crippen molar-refractivity contribution in [3.63, 3.8) is 0 Å². The maximum Gasteiger partial charge on any atom is 0.338 e. The smallest absolute Gasteiger partial charge is 0.338 e. The van der Waals surface area contributed by atoms with Crippen LogP contribution < -0.4 is 4.31 Å². The molecule has 1 atom stereocenters. The number of benzene rings is 2. The Labute approximate surface area is 168 Å². The second-order valence-electron chi connectivity index (χ2n) is 6.90. The summed E-state index contributed by atoms with van der Waals surface area (Å²) in [4.78, 5) is 12.4. The molecule has 150 valence electrons. The van der Waals surface area contributed by atoms with Crippen molar-refractivity contribution < 1.29 is 22.4 Å². The van der Waals surface area contributed by atoms with Crippen LogP contribution in [0.3, 0.4) is 0 Å². The van der Waals surface area contributed by atoms with Gasteiger partial charge in [0.2, 0.25) is 15.9 Å². The maximum atomic E-state index is 12.4. The third-order valence-electron chi connectivity index (χ3n) is 4.64. The number of carbonyl (C=O) groups excluding carboxylic acids is 1. The molecule has 29 heavy (non-hydrogen) atoms. The first kappa shape index (κ1) is 19.1. The monoisotopic (exact) mass is 413 g/mol. The zero-order valence-corrected chi connectivity index (χ0v) is 16.7. The highest BCUT2D eigenvalue weighted by molar-refractivity contribution is 7.92. The molecule has 0 fully saturated rings. The summed E-state index contributed by atoms with van der Waals surface area (Å²) in [6.07, 6.45) is 1.71. The van der Waals surface area contributed by atoms with Crippen molar-refractivity contribution in [1.29, 1.82) is 0 Å². The van der Waals surface area contributed by atoms with Crippen LogP contribution in [0.5, 0.6) is 0 Å². The summed E-state index contributed by atoms with van der Waals surface area (Å²) in [5.41, 5.74) is 2.51. The number of hydrogen-bond acceptors (Lipinski definition) is 7. The van der Waals surface area contributed by atoms with Crippen LogP contribution in [-0.2, 0) is 27.8 Å². The Morgan fingerprint density at radius 1 is 1.21 bits per heavy atom. The summed E-state index contributed by atoms with van der Waals surface area (Å²) in [6, 6.07) is 14.0. The minimum Gasteiger partial charge on any atom is -0.452 e. The summed E-state index contributed by atoms with van der Waals surface area (Å²) in [6.45, 7) is 1.68. The second kappa shape index (κ2) is 7.32. The summed E-state index contributed by atoms with van der Waals surface area (Å²) in [5.74, 6) is -0.00279. The molecule has 0 unspecified atom stereocenters. The van der Waals surface area contributed by atoms with Crippen molar-refractivity contribution in [2.45, 2.75) is 26.0 Å². The molecule has 0 saturated carbocycles. The molecule has 8 nitrogen and oxygen atoms in total. The molecule has 0 aliphatic carbocycles. The molecule has 0 saturated heterocycles. The van der Waals surface area contributed by atoms with E-state index in [9.17, 15) is 13.2 Å². The maximum absolute atomic E-state index is 12.4.